The number of ether oxygens (including phenoxy) is 1. The summed E-state index contributed by atoms with van der Waals surface area (Å²) < 4.78 is 18.4. The number of nitrogens with zero attached hydrogens (tertiary/aromatic N) is 2. The Bertz CT molecular complexity index is 1000. The molecule has 1 aromatic heterocycles. The van der Waals surface area contributed by atoms with Crippen LogP contribution in [0.3, 0.4) is 0 Å². The Labute approximate surface area is 176 Å². The molecular weight excluding hydrogens is 379 g/mol. The Morgan fingerprint density at radius 1 is 1.10 bits per heavy atom. The van der Waals surface area contributed by atoms with E-state index in [1.807, 2.05) is 35.4 Å². The van der Waals surface area contributed by atoms with Gasteiger partial charge in [-0.1, -0.05) is 30.3 Å². The van der Waals surface area contributed by atoms with Gasteiger partial charge in [0.1, 0.15) is 11.6 Å². The molecule has 0 radical (unpaired) electrons. The number of methoxy groups -OCH3 is 1. The standard InChI is InChI=1S/C25H25FN2O2/c1-30-22-5-2-4-19(15-22)14-20-9-12-23(27-17-20)24-6-3-13-28(24)25(29)16-18-7-10-21(26)11-8-18/h2,4-5,7-12,15,17,24H,3,6,13-14,16H2,1H3/t24-/m0/s1. The van der Waals surface area contributed by atoms with E-state index in [1.54, 1.807) is 19.2 Å². The fourth-order valence-electron chi connectivity index (χ4n) is 4.01. The summed E-state index contributed by atoms with van der Waals surface area (Å²) in [6, 6.07) is 18.3. The third kappa shape index (κ3) is 4.67. The van der Waals surface area contributed by atoms with E-state index in [0.29, 0.717) is 0 Å². The first-order valence-electron chi connectivity index (χ1n) is 10.2. The summed E-state index contributed by atoms with van der Waals surface area (Å²) in [4.78, 5) is 19.4. The zero-order valence-corrected chi connectivity index (χ0v) is 17.1. The highest BCUT2D eigenvalue weighted by atomic mass is 19.1. The molecule has 0 unspecified atom stereocenters. The highest BCUT2D eigenvalue weighted by molar-refractivity contribution is 5.79. The molecule has 0 N–H and O–H groups in total. The number of hydrogen-bond donors (Lipinski definition) is 0. The lowest BCUT2D eigenvalue weighted by molar-refractivity contribution is -0.131. The number of hydrogen-bond acceptors (Lipinski definition) is 3. The number of pyridine rings is 1. The molecule has 3 aromatic rings. The Balaban J connectivity index is 1.43. The molecule has 1 fully saturated rings. The first-order valence-corrected chi connectivity index (χ1v) is 10.2. The minimum absolute atomic E-state index is 0.00353. The van der Waals surface area contributed by atoms with Gasteiger partial charge in [0.05, 0.1) is 25.3 Å². The van der Waals surface area contributed by atoms with Crippen LogP contribution in [0.4, 0.5) is 4.39 Å². The average Bonchev–Trinajstić information content (AvgIpc) is 3.26. The quantitative estimate of drug-likeness (QED) is 0.597. The van der Waals surface area contributed by atoms with E-state index in [2.05, 4.69) is 17.1 Å². The largest absolute Gasteiger partial charge is 0.497 e. The van der Waals surface area contributed by atoms with Crippen LogP contribution in [-0.2, 0) is 17.6 Å². The van der Waals surface area contributed by atoms with Crippen LogP contribution in [-0.4, -0.2) is 29.4 Å². The van der Waals surface area contributed by atoms with Crippen molar-refractivity contribution in [3.05, 3.63) is 95.1 Å². The second kappa shape index (κ2) is 9.08. The van der Waals surface area contributed by atoms with E-state index in [-0.39, 0.29) is 24.2 Å². The maximum absolute atomic E-state index is 13.1. The van der Waals surface area contributed by atoms with Gasteiger partial charge in [0.2, 0.25) is 5.91 Å². The number of carbonyl (C=O) groups excluding carboxylic acids is 1. The van der Waals surface area contributed by atoms with Crippen molar-refractivity contribution in [1.29, 1.82) is 0 Å². The van der Waals surface area contributed by atoms with E-state index in [9.17, 15) is 9.18 Å². The number of rotatable bonds is 6. The summed E-state index contributed by atoms with van der Waals surface area (Å²) in [5.41, 5.74) is 4.04. The molecule has 2 heterocycles. The molecular formula is C25H25FN2O2. The molecule has 1 atom stereocenters. The zero-order chi connectivity index (χ0) is 20.9. The van der Waals surface area contributed by atoms with Gasteiger partial charge in [-0.3, -0.25) is 9.78 Å². The third-order valence-corrected chi connectivity index (χ3v) is 5.57. The molecule has 0 aliphatic carbocycles. The monoisotopic (exact) mass is 404 g/mol. The summed E-state index contributed by atoms with van der Waals surface area (Å²) in [7, 11) is 1.67. The van der Waals surface area contributed by atoms with Gasteiger partial charge in [0, 0.05) is 12.7 Å². The van der Waals surface area contributed by atoms with E-state index < -0.39 is 0 Å². The molecule has 30 heavy (non-hydrogen) atoms. The number of aromatic nitrogens is 1. The molecule has 2 aromatic carbocycles. The van der Waals surface area contributed by atoms with Gasteiger partial charge in [0.15, 0.2) is 0 Å². The molecule has 1 amide bonds. The lowest BCUT2D eigenvalue weighted by Crippen LogP contribution is -2.32. The average molecular weight is 404 g/mol. The van der Waals surface area contributed by atoms with E-state index in [1.165, 1.54) is 17.7 Å². The van der Waals surface area contributed by atoms with Crippen molar-refractivity contribution >= 4 is 5.91 Å². The lowest BCUT2D eigenvalue weighted by atomic mass is 10.0. The summed E-state index contributed by atoms with van der Waals surface area (Å²) in [6.45, 7) is 0.734. The van der Waals surface area contributed by atoms with Crippen LogP contribution in [0.15, 0.2) is 66.9 Å². The topological polar surface area (TPSA) is 42.4 Å². The molecule has 1 aliphatic rings. The highest BCUT2D eigenvalue weighted by Crippen LogP contribution is 2.31. The number of benzene rings is 2. The first kappa shape index (κ1) is 20.1. The van der Waals surface area contributed by atoms with Gasteiger partial charge in [-0.05, 0) is 66.3 Å². The molecule has 0 spiro atoms. The molecule has 1 aliphatic heterocycles. The van der Waals surface area contributed by atoms with Crippen molar-refractivity contribution in [2.75, 3.05) is 13.7 Å². The van der Waals surface area contributed by atoms with E-state index >= 15 is 0 Å². The fraction of sp³-hybridized carbons (Fsp3) is 0.280. The van der Waals surface area contributed by atoms with Gasteiger partial charge in [-0.15, -0.1) is 0 Å². The van der Waals surface area contributed by atoms with Crippen molar-refractivity contribution < 1.29 is 13.9 Å². The predicted octanol–water partition coefficient (Wildman–Crippen LogP) is 4.73. The van der Waals surface area contributed by atoms with Gasteiger partial charge >= 0.3 is 0 Å². The zero-order valence-electron chi connectivity index (χ0n) is 17.1. The van der Waals surface area contributed by atoms with Crippen molar-refractivity contribution in [3.63, 3.8) is 0 Å². The number of carbonyl (C=O) groups is 1. The number of likely N-dealkylation sites (tertiary alicyclic amines) is 1. The highest BCUT2D eigenvalue weighted by Gasteiger charge is 2.30. The molecule has 0 saturated carbocycles. The van der Waals surface area contributed by atoms with Crippen LogP contribution in [0.1, 0.15) is 41.3 Å². The third-order valence-electron chi connectivity index (χ3n) is 5.57. The molecule has 5 heteroatoms. The van der Waals surface area contributed by atoms with Gasteiger partial charge in [-0.25, -0.2) is 4.39 Å². The minimum Gasteiger partial charge on any atom is -0.497 e. The van der Waals surface area contributed by atoms with Crippen LogP contribution in [0, 0.1) is 5.82 Å². The van der Waals surface area contributed by atoms with Gasteiger partial charge in [0.25, 0.3) is 0 Å². The smallest absolute Gasteiger partial charge is 0.227 e. The van der Waals surface area contributed by atoms with Gasteiger partial charge in [-0.2, -0.15) is 0 Å². The Hall–Kier alpha value is -3.21. The molecule has 154 valence electrons. The van der Waals surface area contributed by atoms with Crippen LogP contribution in [0.25, 0.3) is 0 Å². The first-order chi connectivity index (χ1) is 14.6. The number of amides is 1. The normalized spacial score (nSPS) is 15.9. The second-order valence-corrected chi connectivity index (χ2v) is 7.67. The van der Waals surface area contributed by atoms with Crippen molar-refractivity contribution in [2.45, 2.75) is 31.7 Å². The van der Waals surface area contributed by atoms with Crippen LogP contribution < -0.4 is 4.74 Å². The SMILES string of the molecule is COc1cccc(Cc2ccc([C@@H]3CCCN3C(=O)Cc3ccc(F)cc3)nc2)c1. The van der Waals surface area contributed by atoms with Crippen molar-refractivity contribution in [3.8, 4) is 5.75 Å². The maximum Gasteiger partial charge on any atom is 0.227 e. The molecule has 0 bridgehead atoms. The van der Waals surface area contributed by atoms with E-state index in [0.717, 1.165) is 48.4 Å². The Morgan fingerprint density at radius 3 is 2.63 bits per heavy atom. The molecule has 4 nitrogen and oxygen atoms in total. The summed E-state index contributed by atoms with van der Waals surface area (Å²) in [5.74, 6) is 0.619. The lowest BCUT2D eigenvalue weighted by Gasteiger charge is -2.24. The van der Waals surface area contributed by atoms with E-state index in [4.69, 9.17) is 4.74 Å². The second-order valence-electron chi connectivity index (χ2n) is 7.67. The summed E-state index contributed by atoms with van der Waals surface area (Å²) in [6.07, 6.45) is 4.84. The Kier molecular flexibility index (Phi) is 6.07. The molecule has 4 rings (SSSR count). The van der Waals surface area contributed by atoms with Crippen LogP contribution in [0.5, 0.6) is 5.75 Å². The number of halogens is 1. The van der Waals surface area contributed by atoms with Crippen molar-refractivity contribution in [2.24, 2.45) is 0 Å². The van der Waals surface area contributed by atoms with Crippen molar-refractivity contribution in [1.82, 2.24) is 9.88 Å². The van der Waals surface area contributed by atoms with Crippen LogP contribution in [0.2, 0.25) is 0 Å². The Morgan fingerprint density at radius 2 is 1.90 bits per heavy atom. The minimum atomic E-state index is -0.288. The predicted molar refractivity (Wildman–Crippen MR) is 114 cm³/mol. The summed E-state index contributed by atoms with van der Waals surface area (Å²) in [5, 5.41) is 0. The van der Waals surface area contributed by atoms with Crippen LogP contribution >= 0.6 is 0 Å². The summed E-state index contributed by atoms with van der Waals surface area (Å²) >= 11 is 0. The maximum atomic E-state index is 13.1. The molecule has 1 saturated heterocycles. The fourth-order valence-corrected chi connectivity index (χ4v) is 4.01. The van der Waals surface area contributed by atoms with Gasteiger partial charge < -0.3 is 9.64 Å².